The fraction of sp³-hybridized carbons (Fsp3) is 0.600. The summed E-state index contributed by atoms with van der Waals surface area (Å²) < 4.78 is 8.60. The Balaban J connectivity index is 1.54. The number of aromatic nitrogens is 2. The maximum Gasteiger partial charge on any atom is 0.170 e. The Kier molecular flexibility index (Phi) is 6.02. The molecular formula is C25H34N4OS. The molecule has 1 saturated carbocycles. The molecule has 31 heavy (non-hydrogen) atoms. The van der Waals surface area contributed by atoms with Gasteiger partial charge >= 0.3 is 0 Å². The summed E-state index contributed by atoms with van der Waals surface area (Å²) in [5, 5.41) is 4.43. The lowest BCUT2D eigenvalue weighted by molar-refractivity contribution is 0.0841. The molecular weight excluding hydrogens is 404 g/mol. The number of thiocarbonyl (C=S) groups is 1. The van der Waals surface area contributed by atoms with Crippen LogP contribution in [0.1, 0.15) is 85.7 Å². The van der Waals surface area contributed by atoms with Crippen molar-refractivity contribution in [2.75, 3.05) is 13.2 Å². The summed E-state index contributed by atoms with van der Waals surface area (Å²) in [6.07, 6.45) is 11.0. The van der Waals surface area contributed by atoms with Crippen LogP contribution in [0, 0.1) is 13.8 Å². The first-order valence-corrected chi connectivity index (χ1v) is 12.3. The smallest absolute Gasteiger partial charge is 0.170 e. The van der Waals surface area contributed by atoms with Crippen LogP contribution < -0.4 is 5.32 Å². The molecule has 3 atom stereocenters. The molecule has 2 aliphatic heterocycles. The van der Waals surface area contributed by atoms with Gasteiger partial charge in [0.2, 0.25) is 0 Å². The van der Waals surface area contributed by atoms with E-state index in [9.17, 15) is 0 Å². The van der Waals surface area contributed by atoms with E-state index in [2.05, 4.69) is 46.8 Å². The van der Waals surface area contributed by atoms with E-state index < -0.39 is 0 Å². The second-order valence-corrected chi connectivity index (χ2v) is 9.79. The minimum Gasteiger partial charge on any atom is -0.376 e. The van der Waals surface area contributed by atoms with Crippen LogP contribution in [0.25, 0.3) is 0 Å². The number of nitrogens with zero attached hydrogens (tertiary/aromatic N) is 3. The molecule has 5 nitrogen and oxygen atoms in total. The van der Waals surface area contributed by atoms with Crippen molar-refractivity contribution in [2.45, 2.75) is 83.0 Å². The first kappa shape index (κ1) is 21.0. The monoisotopic (exact) mass is 438 g/mol. The lowest BCUT2D eigenvalue weighted by Gasteiger charge is -2.31. The van der Waals surface area contributed by atoms with Gasteiger partial charge in [0.25, 0.3) is 0 Å². The van der Waals surface area contributed by atoms with E-state index in [1.165, 1.54) is 49.1 Å². The Labute approximate surface area is 191 Å². The van der Waals surface area contributed by atoms with Gasteiger partial charge in [0.1, 0.15) is 0 Å². The molecule has 166 valence electrons. The van der Waals surface area contributed by atoms with Gasteiger partial charge in [-0.15, -0.1) is 0 Å². The topological polar surface area (TPSA) is 42.3 Å². The van der Waals surface area contributed by atoms with Crippen molar-refractivity contribution < 1.29 is 4.74 Å². The normalized spacial score (nSPS) is 27.1. The van der Waals surface area contributed by atoms with Crippen LogP contribution in [-0.2, 0) is 4.74 Å². The maximum atomic E-state index is 5.99. The molecule has 0 spiro atoms. The predicted octanol–water partition coefficient (Wildman–Crippen LogP) is 5.16. The van der Waals surface area contributed by atoms with Gasteiger partial charge in [0, 0.05) is 36.8 Å². The Morgan fingerprint density at radius 2 is 1.97 bits per heavy atom. The third-order valence-corrected chi connectivity index (χ3v) is 7.76. The van der Waals surface area contributed by atoms with Crippen LogP contribution in [0.5, 0.6) is 0 Å². The van der Waals surface area contributed by atoms with Crippen molar-refractivity contribution in [2.24, 2.45) is 0 Å². The summed E-state index contributed by atoms with van der Waals surface area (Å²) >= 11 is 5.86. The molecule has 3 fully saturated rings. The maximum absolute atomic E-state index is 5.99. The predicted molar refractivity (Wildman–Crippen MR) is 127 cm³/mol. The standard InChI is InChI=1S/C25H34N4OS/c1-17-15-21(18(2)29(17)19-9-4-3-5-10-19)24-23(22-12-6-7-13-26-22)27-25(31)28(24)16-20-11-8-14-30-20/h6-7,12-13,15,19-20,23-24H,3-5,8-11,14,16H2,1-2H3,(H,27,31)/t20-,23+,24-/m1/s1. The van der Waals surface area contributed by atoms with Gasteiger partial charge in [-0.3, -0.25) is 4.98 Å². The fourth-order valence-electron chi connectivity index (χ4n) is 5.95. The van der Waals surface area contributed by atoms with Crippen molar-refractivity contribution in [3.63, 3.8) is 0 Å². The molecule has 1 aliphatic carbocycles. The van der Waals surface area contributed by atoms with Crippen LogP contribution in [0.4, 0.5) is 0 Å². The Morgan fingerprint density at radius 3 is 2.68 bits per heavy atom. The Bertz CT molecular complexity index is 915. The zero-order valence-electron chi connectivity index (χ0n) is 18.7. The van der Waals surface area contributed by atoms with E-state index in [1.54, 1.807) is 0 Å². The van der Waals surface area contributed by atoms with E-state index in [0.29, 0.717) is 6.04 Å². The van der Waals surface area contributed by atoms with Gasteiger partial charge in [-0.05, 0) is 75.5 Å². The van der Waals surface area contributed by atoms with Crippen LogP contribution in [0.3, 0.4) is 0 Å². The van der Waals surface area contributed by atoms with E-state index in [1.807, 2.05) is 12.3 Å². The van der Waals surface area contributed by atoms with E-state index in [0.717, 1.165) is 36.8 Å². The van der Waals surface area contributed by atoms with Gasteiger partial charge in [-0.2, -0.15) is 0 Å². The average Bonchev–Trinajstić information content (AvgIpc) is 3.49. The molecule has 2 saturated heterocycles. The first-order chi connectivity index (χ1) is 15.1. The number of pyridine rings is 1. The number of hydrogen-bond donors (Lipinski definition) is 1. The SMILES string of the molecule is Cc1cc([C@@H]2[C@H](c3ccccn3)NC(=S)N2C[C@H]2CCCO2)c(C)n1C1CCCCC1. The van der Waals surface area contributed by atoms with Gasteiger partial charge < -0.3 is 19.5 Å². The molecule has 1 N–H and O–H groups in total. The van der Waals surface area contributed by atoms with E-state index >= 15 is 0 Å². The van der Waals surface area contributed by atoms with Crippen molar-refractivity contribution >= 4 is 17.3 Å². The zero-order chi connectivity index (χ0) is 21.4. The minimum atomic E-state index is 0.0513. The van der Waals surface area contributed by atoms with Crippen LogP contribution >= 0.6 is 12.2 Å². The summed E-state index contributed by atoms with van der Waals surface area (Å²) in [6.45, 7) is 6.28. The summed E-state index contributed by atoms with van der Waals surface area (Å²) in [4.78, 5) is 7.07. The van der Waals surface area contributed by atoms with Gasteiger partial charge in [-0.25, -0.2) is 0 Å². The summed E-state index contributed by atoms with van der Waals surface area (Å²) in [5.74, 6) is 0. The minimum absolute atomic E-state index is 0.0513. The second kappa shape index (κ2) is 8.91. The van der Waals surface area contributed by atoms with Crippen molar-refractivity contribution in [1.29, 1.82) is 0 Å². The quantitative estimate of drug-likeness (QED) is 0.654. The van der Waals surface area contributed by atoms with Gasteiger partial charge in [-0.1, -0.05) is 25.3 Å². The largest absolute Gasteiger partial charge is 0.376 e. The summed E-state index contributed by atoms with van der Waals surface area (Å²) in [7, 11) is 0. The number of rotatable bonds is 5. The molecule has 5 rings (SSSR count). The Hall–Kier alpha value is -1.92. The highest BCUT2D eigenvalue weighted by Gasteiger charge is 2.42. The second-order valence-electron chi connectivity index (χ2n) is 9.40. The van der Waals surface area contributed by atoms with Crippen LogP contribution in [-0.4, -0.2) is 38.8 Å². The number of aryl methyl sites for hydroxylation is 1. The lowest BCUT2D eigenvalue weighted by atomic mass is 9.94. The average molecular weight is 439 g/mol. The fourth-order valence-corrected chi connectivity index (χ4v) is 6.27. The number of ether oxygens (including phenoxy) is 1. The molecule has 2 aromatic rings. The van der Waals surface area contributed by atoms with Gasteiger partial charge in [0.05, 0.1) is 23.9 Å². The Morgan fingerprint density at radius 1 is 1.13 bits per heavy atom. The highest BCUT2D eigenvalue weighted by atomic mass is 32.1. The molecule has 0 unspecified atom stereocenters. The molecule has 0 radical (unpaired) electrons. The molecule has 6 heteroatoms. The molecule has 0 aromatic carbocycles. The van der Waals surface area contributed by atoms with E-state index in [4.69, 9.17) is 21.9 Å². The first-order valence-electron chi connectivity index (χ1n) is 11.9. The highest BCUT2D eigenvalue weighted by molar-refractivity contribution is 7.80. The highest BCUT2D eigenvalue weighted by Crippen LogP contribution is 2.43. The lowest BCUT2D eigenvalue weighted by Crippen LogP contribution is -2.36. The number of nitrogens with one attached hydrogen (secondary N) is 1. The third-order valence-electron chi connectivity index (χ3n) is 7.40. The van der Waals surface area contributed by atoms with E-state index in [-0.39, 0.29) is 18.2 Å². The van der Waals surface area contributed by atoms with Gasteiger partial charge in [0.15, 0.2) is 5.11 Å². The summed E-state index contributed by atoms with van der Waals surface area (Å²) in [6, 6.07) is 9.38. The molecule has 4 heterocycles. The molecule has 2 aromatic heterocycles. The van der Waals surface area contributed by atoms with Crippen molar-refractivity contribution in [1.82, 2.24) is 19.8 Å². The molecule has 3 aliphatic rings. The van der Waals surface area contributed by atoms with Crippen molar-refractivity contribution in [3.8, 4) is 0 Å². The van der Waals surface area contributed by atoms with Crippen molar-refractivity contribution in [3.05, 3.63) is 53.1 Å². The number of hydrogen-bond acceptors (Lipinski definition) is 3. The van der Waals surface area contributed by atoms with Crippen LogP contribution in [0.2, 0.25) is 0 Å². The zero-order valence-corrected chi connectivity index (χ0v) is 19.5. The molecule has 0 bridgehead atoms. The summed E-state index contributed by atoms with van der Waals surface area (Å²) in [5.41, 5.74) is 5.18. The third kappa shape index (κ3) is 4.00. The molecule has 0 amide bonds. The van der Waals surface area contributed by atoms with Crippen LogP contribution in [0.15, 0.2) is 30.5 Å².